The van der Waals surface area contributed by atoms with E-state index < -0.39 is 5.82 Å². The normalized spacial score (nSPS) is 11.1. The Morgan fingerprint density at radius 2 is 1.72 bits per heavy atom. The van der Waals surface area contributed by atoms with Crippen molar-refractivity contribution in [1.29, 1.82) is 0 Å². The molecule has 0 atom stereocenters. The third-order valence-electron chi connectivity index (χ3n) is 2.39. The van der Waals surface area contributed by atoms with E-state index in [2.05, 4.69) is 15.9 Å². The van der Waals surface area contributed by atoms with Crippen molar-refractivity contribution >= 4 is 39.7 Å². The molecule has 0 radical (unpaired) electrons. The lowest BCUT2D eigenvalue weighted by atomic mass is 10.1. The van der Waals surface area contributed by atoms with E-state index in [0.717, 1.165) is 0 Å². The lowest BCUT2D eigenvalue weighted by molar-refractivity contribution is 0.618. The lowest BCUT2D eigenvalue weighted by Crippen LogP contribution is -1.84. The predicted molar refractivity (Wildman–Crippen MR) is 74.4 cm³/mol. The number of hydrogen-bond donors (Lipinski definition) is 0. The van der Waals surface area contributed by atoms with Gasteiger partial charge in [-0.2, -0.15) is 0 Å². The van der Waals surface area contributed by atoms with Gasteiger partial charge in [0.2, 0.25) is 0 Å². The predicted octanol–water partition coefficient (Wildman–Crippen LogP) is 5.55. The third kappa shape index (κ3) is 2.98. The molecule has 0 aliphatic heterocycles. The van der Waals surface area contributed by atoms with Gasteiger partial charge in [-0.15, -0.1) is 0 Å². The fourth-order valence-electron chi connectivity index (χ4n) is 1.47. The molecule has 0 nitrogen and oxygen atoms in total. The molecule has 0 aliphatic carbocycles. The zero-order chi connectivity index (χ0) is 13.1. The standard InChI is InChI=1S/C14H8BrClF2/c15-12-3-1-2-10(14(12)18)5-4-9-6-7-11(16)8-13(9)17/h1-8H/b5-4+. The molecule has 0 saturated carbocycles. The van der Waals surface area contributed by atoms with Gasteiger partial charge in [0.1, 0.15) is 11.6 Å². The summed E-state index contributed by atoms with van der Waals surface area (Å²) >= 11 is 8.75. The second-order valence-electron chi connectivity index (χ2n) is 3.64. The summed E-state index contributed by atoms with van der Waals surface area (Å²) in [5.74, 6) is -0.808. The maximum atomic E-state index is 13.7. The van der Waals surface area contributed by atoms with Crippen LogP contribution in [0.4, 0.5) is 8.78 Å². The Morgan fingerprint density at radius 3 is 2.44 bits per heavy atom. The molecule has 0 saturated heterocycles. The molecule has 2 aromatic carbocycles. The van der Waals surface area contributed by atoms with Gasteiger partial charge in [0.05, 0.1) is 4.47 Å². The lowest BCUT2D eigenvalue weighted by Gasteiger charge is -2.00. The minimum absolute atomic E-state index is 0.332. The van der Waals surface area contributed by atoms with E-state index in [1.54, 1.807) is 30.3 Å². The molecule has 0 amide bonds. The fraction of sp³-hybridized carbons (Fsp3) is 0. The average Bonchev–Trinajstić information content (AvgIpc) is 2.33. The number of hydrogen-bond acceptors (Lipinski definition) is 0. The van der Waals surface area contributed by atoms with E-state index in [1.165, 1.54) is 18.2 Å². The summed E-state index contributed by atoms with van der Waals surface area (Å²) in [6.07, 6.45) is 3.03. The van der Waals surface area contributed by atoms with Crippen molar-refractivity contribution in [2.45, 2.75) is 0 Å². The van der Waals surface area contributed by atoms with Crippen LogP contribution in [-0.2, 0) is 0 Å². The molecule has 18 heavy (non-hydrogen) atoms. The fourth-order valence-corrected chi connectivity index (χ4v) is 2.01. The second kappa shape index (κ2) is 5.63. The second-order valence-corrected chi connectivity index (χ2v) is 4.93. The van der Waals surface area contributed by atoms with E-state index in [9.17, 15) is 8.78 Å². The summed E-state index contributed by atoms with van der Waals surface area (Å²) < 4.78 is 27.5. The molecule has 92 valence electrons. The van der Waals surface area contributed by atoms with Crippen LogP contribution < -0.4 is 0 Å². The summed E-state index contributed by atoms with van der Waals surface area (Å²) in [6, 6.07) is 9.29. The van der Waals surface area contributed by atoms with Crippen LogP contribution in [0, 0.1) is 11.6 Å². The van der Waals surface area contributed by atoms with E-state index in [0.29, 0.717) is 20.6 Å². The molecule has 0 aliphatic rings. The van der Waals surface area contributed by atoms with Crippen LogP contribution in [0.15, 0.2) is 40.9 Å². The van der Waals surface area contributed by atoms with Crippen molar-refractivity contribution in [2.75, 3.05) is 0 Å². The minimum Gasteiger partial charge on any atom is -0.206 e. The third-order valence-corrected chi connectivity index (χ3v) is 3.23. The highest BCUT2D eigenvalue weighted by Crippen LogP contribution is 2.21. The van der Waals surface area contributed by atoms with Crippen molar-refractivity contribution < 1.29 is 8.78 Å². The summed E-state index contributed by atoms with van der Waals surface area (Å²) in [4.78, 5) is 0. The van der Waals surface area contributed by atoms with Gasteiger partial charge in [-0.05, 0) is 34.1 Å². The van der Waals surface area contributed by atoms with Crippen LogP contribution in [0.5, 0.6) is 0 Å². The van der Waals surface area contributed by atoms with Crippen molar-refractivity contribution in [3.05, 3.63) is 68.7 Å². The van der Waals surface area contributed by atoms with Gasteiger partial charge in [0.15, 0.2) is 0 Å². The van der Waals surface area contributed by atoms with Gasteiger partial charge in [0.25, 0.3) is 0 Å². The maximum Gasteiger partial charge on any atom is 0.144 e. The van der Waals surface area contributed by atoms with Crippen molar-refractivity contribution in [3.63, 3.8) is 0 Å². The van der Waals surface area contributed by atoms with Gasteiger partial charge in [-0.3, -0.25) is 0 Å². The summed E-state index contributed by atoms with van der Waals surface area (Å²) in [7, 11) is 0. The SMILES string of the molecule is Fc1cc(Cl)ccc1/C=C/c1cccc(Br)c1F. The van der Waals surface area contributed by atoms with Gasteiger partial charge in [-0.25, -0.2) is 8.78 Å². The monoisotopic (exact) mass is 328 g/mol. The molecule has 0 spiro atoms. The zero-order valence-corrected chi connectivity index (χ0v) is 11.5. The van der Waals surface area contributed by atoms with Gasteiger partial charge in [-0.1, -0.05) is 42.0 Å². The number of benzene rings is 2. The van der Waals surface area contributed by atoms with Crippen LogP contribution in [0.3, 0.4) is 0 Å². The van der Waals surface area contributed by atoms with Crippen LogP contribution in [0.25, 0.3) is 12.2 Å². The van der Waals surface area contributed by atoms with E-state index in [-0.39, 0.29) is 5.82 Å². The maximum absolute atomic E-state index is 13.7. The van der Waals surface area contributed by atoms with Crippen LogP contribution in [0.2, 0.25) is 5.02 Å². The molecule has 0 unspecified atom stereocenters. The Bertz CT molecular complexity index is 609. The first-order valence-corrected chi connectivity index (χ1v) is 6.32. The Morgan fingerprint density at radius 1 is 1.00 bits per heavy atom. The zero-order valence-electron chi connectivity index (χ0n) is 9.13. The average molecular weight is 330 g/mol. The van der Waals surface area contributed by atoms with Crippen molar-refractivity contribution in [1.82, 2.24) is 0 Å². The largest absolute Gasteiger partial charge is 0.206 e. The highest BCUT2D eigenvalue weighted by atomic mass is 79.9. The molecular formula is C14H8BrClF2. The first-order valence-electron chi connectivity index (χ1n) is 5.15. The Hall–Kier alpha value is -1.19. The van der Waals surface area contributed by atoms with Gasteiger partial charge >= 0.3 is 0 Å². The van der Waals surface area contributed by atoms with Crippen molar-refractivity contribution in [3.8, 4) is 0 Å². The molecule has 0 bridgehead atoms. The van der Waals surface area contributed by atoms with E-state index >= 15 is 0 Å². The quantitative estimate of drug-likeness (QED) is 0.634. The van der Waals surface area contributed by atoms with Gasteiger partial charge < -0.3 is 0 Å². The molecule has 0 aromatic heterocycles. The minimum atomic E-state index is -0.436. The number of rotatable bonds is 2. The Labute approximate surface area is 117 Å². The smallest absolute Gasteiger partial charge is 0.144 e. The van der Waals surface area contributed by atoms with Crippen LogP contribution >= 0.6 is 27.5 Å². The molecule has 0 heterocycles. The van der Waals surface area contributed by atoms with Crippen LogP contribution in [-0.4, -0.2) is 0 Å². The number of halogens is 4. The molecular weight excluding hydrogens is 322 g/mol. The molecule has 0 fully saturated rings. The topological polar surface area (TPSA) is 0 Å². The highest BCUT2D eigenvalue weighted by molar-refractivity contribution is 9.10. The van der Waals surface area contributed by atoms with Crippen LogP contribution in [0.1, 0.15) is 11.1 Å². The molecule has 4 heteroatoms. The van der Waals surface area contributed by atoms with E-state index in [1.807, 2.05) is 0 Å². The first kappa shape index (κ1) is 13.2. The first-order chi connectivity index (χ1) is 8.58. The molecule has 2 rings (SSSR count). The summed E-state index contributed by atoms with van der Waals surface area (Å²) in [5.41, 5.74) is 0.748. The summed E-state index contributed by atoms with van der Waals surface area (Å²) in [5, 5.41) is 0.332. The Kier molecular flexibility index (Phi) is 4.15. The van der Waals surface area contributed by atoms with E-state index in [4.69, 9.17) is 11.6 Å². The summed E-state index contributed by atoms with van der Waals surface area (Å²) in [6.45, 7) is 0. The highest BCUT2D eigenvalue weighted by Gasteiger charge is 2.03. The van der Waals surface area contributed by atoms with Gasteiger partial charge in [0, 0.05) is 16.1 Å². The molecule has 0 N–H and O–H groups in total. The molecule has 2 aromatic rings. The van der Waals surface area contributed by atoms with Crippen molar-refractivity contribution in [2.24, 2.45) is 0 Å². The Balaban J connectivity index is 2.33.